The smallest absolute Gasteiger partial charge is 0.341 e. The zero-order chi connectivity index (χ0) is 23.3. The van der Waals surface area contributed by atoms with E-state index in [1.807, 2.05) is 35.1 Å². The van der Waals surface area contributed by atoms with Gasteiger partial charge in [0.05, 0.1) is 18.1 Å². The van der Waals surface area contributed by atoms with Gasteiger partial charge in [0.2, 0.25) is 0 Å². The number of fused-ring (bicyclic) bond motifs is 1. The molecule has 2 aromatic heterocycles. The molecule has 0 bridgehead atoms. The second kappa shape index (κ2) is 9.87. The van der Waals surface area contributed by atoms with Crippen LogP contribution in [0.2, 0.25) is 0 Å². The molecule has 0 radical (unpaired) electrons. The van der Waals surface area contributed by atoms with Crippen molar-refractivity contribution in [1.82, 2.24) is 19.7 Å². The summed E-state index contributed by atoms with van der Waals surface area (Å²) >= 11 is 0. The number of carboxylic acids is 1. The maximum absolute atomic E-state index is 10.9. The molecule has 1 unspecified atom stereocenters. The summed E-state index contributed by atoms with van der Waals surface area (Å²) in [6.45, 7) is 0.543. The third kappa shape index (κ3) is 4.98. The van der Waals surface area contributed by atoms with Crippen molar-refractivity contribution in [2.24, 2.45) is 5.92 Å². The van der Waals surface area contributed by atoms with Crippen LogP contribution in [-0.2, 0) is 30.6 Å². The van der Waals surface area contributed by atoms with Crippen LogP contribution in [0.3, 0.4) is 0 Å². The summed E-state index contributed by atoms with van der Waals surface area (Å²) < 4.78 is 7.54. The standard InChI is InChI=1S/C27H26N4O3/c32-27(33)18-34-26-7-3-5-22-12-19(8-9-24(22)26)16-31-17-20(14-30-31)13-21-4-1-2-6-23(21)25-15-28-10-11-29-25/h1-7,10-11,14-15,17,19H,8-9,12-13,16,18H2,(H,32,33). The topological polar surface area (TPSA) is 90.1 Å². The minimum absolute atomic E-state index is 0.310. The Morgan fingerprint density at radius 3 is 2.88 bits per heavy atom. The molecule has 1 aliphatic rings. The van der Waals surface area contributed by atoms with Gasteiger partial charge in [-0.15, -0.1) is 0 Å². The van der Waals surface area contributed by atoms with Gasteiger partial charge in [0.15, 0.2) is 6.61 Å². The first-order chi connectivity index (χ1) is 16.7. The fourth-order valence-electron chi connectivity index (χ4n) is 4.72. The lowest BCUT2D eigenvalue weighted by Gasteiger charge is -2.26. The number of ether oxygens (including phenoxy) is 1. The minimum Gasteiger partial charge on any atom is -0.482 e. The first-order valence-corrected chi connectivity index (χ1v) is 11.5. The number of hydrogen-bond donors (Lipinski definition) is 1. The first-order valence-electron chi connectivity index (χ1n) is 11.5. The molecule has 2 aromatic carbocycles. The highest BCUT2D eigenvalue weighted by Gasteiger charge is 2.22. The molecule has 0 aliphatic heterocycles. The van der Waals surface area contributed by atoms with Gasteiger partial charge in [-0.1, -0.05) is 36.4 Å². The van der Waals surface area contributed by atoms with E-state index < -0.39 is 5.97 Å². The largest absolute Gasteiger partial charge is 0.482 e. The highest BCUT2D eigenvalue weighted by Crippen LogP contribution is 2.33. The molecular formula is C27H26N4O3. The van der Waals surface area contributed by atoms with Crippen LogP contribution in [0.5, 0.6) is 5.75 Å². The van der Waals surface area contributed by atoms with Gasteiger partial charge in [-0.3, -0.25) is 14.6 Å². The van der Waals surface area contributed by atoms with Crippen molar-refractivity contribution in [2.75, 3.05) is 6.61 Å². The van der Waals surface area contributed by atoms with E-state index in [1.54, 1.807) is 18.6 Å². The van der Waals surface area contributed by atoms with Gasteiger partial charge in [0, 0.05) is 37.1 Å². The predicted molar refractivity (Wildman–Crippen MR) is 128 cm³/mol. The molecular weight excluding hydrogens is 428 g/mol. The van der Waals surface area contributed by atoms with Gasteiger partial charge in [0.1, 0.15) is 5.75 Å². The number of carbonyl (C=O) groups is 1. The van der Waals surface area contributed by atoms with E-state index in [0.717, 1.165) is 54.6 Å². The Hall–Kier alpha value is -4.00. The van der Waals surface area contributed by atoms with E-state index in [4.69, 9.17) is 9.84 Å². The van der Waals surface area contributed by atoms with Crippen LogP contribution >= 0.6 is 0 Å². The lowest BCUT2D eigenvalue weighted by molar-refractivity contribution is -0.139. The monoisotopic (exact) mass is 454 g/mol. The SMILES string of the molecule is O=C(O)COc1cccc2c1CCC(Cn1cc(Cc3ccccc3-c3cnccn3)cn1)C2. The molecule has 0 saturated heterocycles. The summed E-state index contributed by atoms with van der Waals surface area (Å²) in [4.78, 5) is 19.5. The molecule has 0 saturated carbocycles. The molecule has 1 atom stereocenters. The number of aromatic nitrogens is 4. The minimum atomic E-state index is -0.958. The van der Waals surface area contributed by atoms with Crippen molar-refractivity contribution in [2.45, 2.75) is 32.2 Å². The van der Waals surface area contributed by atoms with Crippen LogP contribution in [0.25, 0.3) is 11.3 Å². The van der Waals surface area contributed by atoms with Gasteiger partial charge in [-0.05, 0) is 53.5 Å². The van der Waals surface area contributed by atoms with Gasteiger partial charge in [-0.25, -0.2) is 4.79 Å². The molecule has 4 aromatic rings. The fourth-order valence-corrected chi connectivity index (χ4v) is 4.72. The maximum Gasteiger partial charge on any atom is 0.341 e. The van der Waals surface area contributed by atoms with E-state index in [1.165, 1.54) is 11.1 Å². The average molecular weight is 455 g/mol. The second-order valence-electron chi connectivity index (χ2n) is 8.68. The van der Waals surface area contributed by atoms with Crippen molar-refractivity contribution >= 4 is 5.97 Å². The summed E-state index contributed by atoms with van der Waals surface area (Å²) in [5.41, 5.74) is 6.71. The molecule has 34 heavy (non-hydrogen) atoms. The van der Waals surface area contributed by atoms with E-state index in [0.29, 0.717) is 11.7 Å². The Morgan fingerprint density at radius 2 is 2.03 bits per heavy atom. The number of hydrogen-bond acceptors (Lipinski definition) is 5. The van der Waals surface area contributed by atoms with E-state index in [9.17, 15) is 4.79 Å². The molecule has 1 N–H and O–H groups in total. The Balaban J connectivity index is 1.25. The van der Waals surface area contributed by atoms with Crippen LogP contribution in [0, 0.1) is 5.92 Å². The zero-order valence-electron chi connectivity index (χ0n) is 18.8. The summed E-state index contributed by atoms with van der Waals surface area (Å²) in [6, 6.07) is 14.2. The van der Waals surface area contributed by atoms with Crippen molar-refractivity contribution < 1.29 is 14.6 Å². The molecule has 2 heterocycles. The summed E-state index contributed by atoms with van der Waals surface area (Å²) in [5.74, 6) is 0.212. The van der Waals surface area contributed by atoms with Crippen molar-refractivity contribution in [3.05, 3.63) is 95.7 Å². The Bertz CT molecular complexity index is 1290. The highest BCUT2D eigenvalue weighted by molar-refractivity contribution is 5.68. The van der Waals surface area contributed by atoms with Crippen LogP contribution in [0.4, 0.5) is 0 Å². The Labute approximate surface area is 198 Å². The molecule has 7 nitrogen and oxygen atoms in total. The van der Waals surface area contributed by atoms with Gasteiger partial charge in [-0.2, -0.15) is 5.10 Å². The van der Waals surface area contributed by atoms with Crippen LogP contribution in [0.1, 0.15) is 28.7 Å². The number of rotatable bonds is 8. The molecule has 5 rings (SSSR count). The molecule has 0 amide bonds. The van der Waals surface area contributed by atoms with Crippen molar-refractivity contribution in [3.63, 3.8) is 0 Å². The number of aliphatic carboxylic acids is 1. The van der Waals surface area contributed by atoms with E-state index >= 15 is 0 Å². The first kappa shape index (κ1) is 21.8. The summed E-state index contributed by atoms with van der Waals surface area (Å²) in [7, 11) is 0. The summed E-state index contributed by atoms with van der Waals surface area (Å²) in [5, 5.41) is 13.5. The number of carboxylic acid groups (broad SMARTS) is 1. The Morgan fingerprint density at radius 1 is 1.12 bits per heavy atom. The van der Waals surface area contributed by atoms with Gasteiger partial charge < -0.3 is 9.84 Å². The predicted octanol–water partition coefficient (Wildman–Crippen LogP) is 4.20. The Kier molecular flexibility index (Phi) is 6.33. The van der Waals surface area contributed by atoms with Crippen LogP contribution in [0.15, 0.2) is 73.4 Å². The number of nitrogens with zero attached hydrogens (tertiary/aromatic N) is 4. The normalized spacial score (nSPS) is 15.0. The third-order valence-corrected chi connectivity index (χ3v) is 6.28. The number of benzene rings is 2. The second-order valence-corrected chi connectivity index (χ2v) is 8.68. The summed E-state index contributed by atoms with van der Waals surface area (Å²) in [6.07, 6.45) is 12.9. The van der Waals surface area contributed by atoms with E-state index in [2.05, 4.69) is 39.5 Å². The lowest BCUT2D eigenvalue weighted by atomic mass is 9.83. The average Bonchev–Trinajstić information content (AvgIpc) is 3.30. The maximum atomic E-state index is 10.9. The van der Waals surface area contributed by atoms with Crippen molar-refractivity contribution in [1.29, 1.82) is 0 Å². The van der Waals surface area contributed by atoms with Gasteiger partial charge >= 0.3 is 5.97 Å². The molecule has 172 valence electrons. The van der Waals surface area contributed by atoms with Crippen molar-refractivity contribution in [3.8, 4) is 17.0 Å². The molecule has 0 spiro atoms. The van der Waals surface area contributed by atoms with Crippen LogP contribution < -0.4 is 4.74 Å². The lowest BCUT2D eigenvalue weighted by Crippen LogP contribution is -2.21. The fraction of sp³-hybridized carbons (Fsp3) is 0.259. The van der Waals surface area contributed by atoms with Crippen LogP contribution in [-0.4, -0.2) is 37.4 Å². The van der Waals surface area contributed by atoms with E-state index in [-0.39, 0.29) is 6.61 Å². The quantitative estimate of drug-likeness (QED) is 0.429. The molecule has 7 heteroatoms. The molecule has 0 fully saturated rings. The molecule has 1 aliphatic carbocycles. The third-order valence-electron chi connectivity index (χ3n) is 6.28. The van der Waals surface area contributed by atoms with Gasteiger partial charge in [0.25, 0.3) is 0 Å². The zero-order valence-corrected chi connectivity index (χ0v) is 18.8. The highest BCUT2D eigenvalue weighted by atomic mass is 16.5.